The number of carbonyl (C=O) groups excluding carboxylic acids is 4. The van der Waals surface area contributed by atoms with Crippen LogP contribution in [-0.2, 0) is 65.4 Å². The summed E-state index contributed by atoms with van der Waals surface area (Å²) >= 11 is 0. The van der Waals surface area contributed by atoms with Crippen LogP contribution in [0.3, 0.4) is 0 Å². The summed E-state index contributed by atoms with van der Waals surface area (Å²) in [6.07, 6.45) is 47.2. The second-order valence-electron chi connectivity index (χ2n) is 26.2. The molecule has 89 heavy (non-hydrogen) atoms. The molecule has 0 radical (unpaired) electrons. The lowest BCUT2D eigenvalue weighted by Crippen LogP contribution is -2.30. The molecule has 3 N–H and O–H groups in total. The van der Waals surface area contributed by atoms with Gasteiger partial charge in [0.05, 0.1) is 26.4 Å². The standard InChI is InChI=1S/C70H136O17P2/c1-7-9-11-13-15-26-34-40-46-52-67(72)80-58-65(86-69(74)54-48-42-36-27-16-14-12-10-8-2)60-84-88(76,77)82-56-64(71)57-83-89(78,79)85-61-66(59-81-68(73)53-47-41-35-30-25-21-23-29-33-39-45-51-63(5)6)87-70(75)55-49-43-37-31-24-20-18-17-19-22-28-32-38-44-50-62(3)4/h62-66,71H,7-61H2,1-6H3,(H,76,77)(H,78,79)/t64-,65+,66+/m0/s1. The van der Waals surface area contributed by atoms with Gasteiger partial charge in [-0.15, -0.1) is 0 Å². The zero-order valence-corrected chi connectivity index (χ0v) is 59.5. The molecule has 0 heterocycles. The third-order valence-electron chi connectivity index (χ3n) is 16.2. The van der Waals surface area contributed by atoms with E-state index in [1.54, 1.807) is 0 Å². The topological polar surface area (TPSA) is 237 Å². The maximum Gasteiger partial charge on any atom is 0.472 e. The molecular weight excluding hydrogens is 1170 g/mol. The second kappa shape index (κ2) is 62.2. The van der Waals surface area contributed by atoms with Crippen LogP contribution in [0.4, 0.5) is 0 Å². The number of phosphoric ester groups is 2. The van der Waals surface area contributed by atoms with Crippen LogP contribution in [-0.4, -0.2) is 96.7 Å². The lowest BCUT2D eigenvalue weighted by atomic mass is 10.0. The monoisotopic (exact) mass is 1310 g/mol. The molecule has 2 unspecified atom stereocenters. The first-order valence-corrected chi connectivity index (χ1v) is 39.5. The Balaban J connectivity index is 5.21. The number of esters is 4. The Morgan fingerprint density at radius 3 is 0.764 bits per heavy atom. The van der Waals surface area contributed by atoms with E-state index in [-0.39, 0.29) is 25.7 Å². The van der Waals surface area contributed by atoms with Crippen molar-refractivity contribution in [1.82, 2.24) is 0 Å². The molecule has 0 fully saturated rings. The second-order valence-corrected chi connectivity index (χ2v) is 29.1. The molecule has 0 aromatic carbocycles. The maximum atomic E-state index is 13.0. The highest BCUT2D eigenvalue weighted by atomic mass is 31.2. The summed E-state index contributed by atoms with van der Waals surface area (Å²) in [6.45, 7) is 9.54. The van der Waals surface area contributed by atoms with E-state index in [1.165, 1.54) is 173 Å². The van der Waals surface area contributed by atoms with Crippen molar-refractivity contribution in [3.05, 3.63) is 0 Å². The molecule has 0 saturated carbocycles. The first kappa shape index (κ1) is 87.1. The van der Waals surface area contributed by atoms with Gasteiger partial charge < -0.3 is 33.8 Å². The van der Waals surface area contributed by atoms with Gasteiger partial charge in [0.2, 0.25) is 0 Å². The first-order valence-electron chi connectivity index (χ1n) is 36.5. The summed E-state index contributed by atoms with van der Waals surface area (Å²) in [5.74, 6) is -0.560. The summed E-state index contributed by atoms with van der Waals surface area (Å²) < 4.78 is 68.2. The van der Waals surface area contributed by atoms with Gasteiger partial charge in [-0.05, 0) is 37.5 Å². The Hall–Kier alpha value is -1.94. The first-order chi connectivity index (χ1) is 42.9. The van der Waals surface area contributed by atoms with E-state index in [0.29, 0.717) is 25.7 Å². The molecule has 0 amide bonds. The average Bonchev–Trinajstić information content (AvgIpc) is 3.71. The highest BCUT2D eigenvalue weighted by molar-refractivity contribution is 7.47. The predicted molar refractivity (Wildman–Crippen MR) is 358 cm³/mol. The molecule has 0 aliphatic heterocycles. The lowest BCUT2D eigenvalue weighted by molar-refractivity contribution is -0.161. The number of aliphatic hydroxyl groups excluding tert-OH is 1. The molecule has 0 aromatic rings. The third-order valence-corrected chi connectivity index (χ3v) is 18.1. The SMILES string of the molecule is CCCCCCCCCCCC(=O)OC[C@H](COP(=O)(O)OC[C@H](O)COP(=O)(O)OC[C@@H](COC(=O)CCCCCCCCCCCCCC(C)C)OC(=O)CCCCCCCCCCCCCCCCC(C)C)OC(=O)CCCCCCCCCCC. The van der Waals surface area contributed by atoms with Crippen LogP contribution in [0.5, 0.6) is 0 Å². The van der Waals surface area contributed by atoms with Crippen molar-refractivity contribution in [3.63, 3.8) is 0 Å². The van der Waals surface area contributed by atoms with E-state index in [4.69, 9.17) is 37.0 Å². The molecule has 0 aliphatic carbocycles. The van der Waals surface area contributed by atoms with Gasteiger partial charge >= 0.3 is 39.5 Å². The van der Waals surface area contributed by atoms with E-state index < -0.39 is 97.5 Å². The van der Waals surface area contributed by atoms with Gasteiger partial charge in [0.15, 0.2) is 12.2 Å². The highest BCUT2D eigenvalue weighted by Crippen LogP contribution is 2.45. The van der Waals surface area contributed by atoms with Crippen LogP contribution in [0.2, 0.25) is 0 Å². The van der Waals surface area contributed by atoms with E-state index >= 15 is 0 Å². The van der Waals surface area contributed by atoms with Gasteiger partial charge in [-0.3, -0.25) is 37.3 Å². The Morgan fingerprint density at radius 2 is 0.517 bits per heavy atom. The van der Waals surface area contributed by atoms with Gasteiger partial charge in [-0.1, -0.05) is 305 Å². The average molecular weight is 1310 g/mol. The fourth-order valence-corrected chi connectivity index (χ4v) is 12.2. The van der Waals surface area contributed by atoms with Crippen molar-refractivity contribution in [2.24, 2.45) is 11.8 Å². The number of aliphatic hydroxyl groups is 1. The van der Waals surface area contributed by atoms with Crippen molar-refractivity contribution < 1.29 is 80.2 Å². The van der Waals surface area contributed by atoms with Gasteiger partial charge in [-0.2, -0.15) is 0 Å². The summed E-state index contributed by atoms with van der Waals surface area (Å²) in [5, 5.41) is 10.6. The zero-order chi connectivity index (χ0) is 65.7. The van der Waals surface area contributed by atoms with Gasteiger partial charge in [0.1, 0.15) is 19.3 Å². The Bertz CT molecular complexity index is 1730. The van der Waals surface area contributed by atoms with Gasteiger partial charge in [0, 0.05) is 25.7 Å². The molecular formula is C70H136O17P2. The fraction of sp³-hybridized carbons (Fsp3) is 0.943. The minimum absolute atomic E-state index is 0.106. The minimum Gasteiger partial charge on any atom is -0.462 e. The van der Waals surface area contributed by atoms with E-state index in [0.717, 1.165) is 102 Å². The van der Waals surface area contributed by atoms with Crippen LogP contribution in [0.15, 0.2) is 0 Å². The Labute approximate surface area is 543 Å². The van der Waals surface area contributed by atoms with Crippen molar-refractivity contribution in [2.45, 2.75) is 374 Å². The van der Waals surface area contributed by atoms with Crippen molar-refractivity contribution in [1.29, 1.82) is 0 Å². The highest BCUT2D eigenvalue weighted by Gasteiger charge is 2.30. The summed E-state index contributed by atoms with van der Waals surface area (Å²) in [6, 6.07) is 0. The van der Waals surface area contributed by atoms with Crippen molar-refractivity contribution in [3.8, 4) is 0 Å². The van der Waals surface area contributed by atoms with Crippen LogP contribution >= 0.6 is 15.6 Å². The Morgan fingerprint density at radius 1 is 0.303 bits per heavy atom. The van der Waals surface area contributed by atoms with Gasteiger partial charge in [0.25, 0.3) is 0 Å². The van der Waals surface area contributed by atoms with Crippen molar-refractivity contribution >= 4 is 39.5 Å². The van der Waals surface area contributed by atoms with Crippen molar-refractivity contribution in [2.75, 3.05) is 39.6 Å². The van der Waals surface area contributed by atoms with E-state index in [2.05, 4.69) is 41.5 Å². The molecule has 0 spiro atoms. The number of carbonyl (C=O) groups is 4. The zero-order valence-electron chi connectivity index (χ0n) is 57.7. The normalized spacial score (nSPS) is 14.1. The number of hydrogen-bond acceptors (Lipinski definition) is 15. The molecule has 0 aromatic heterocycles. The summed E-state index contributed by atoms with van der Waals surface area (Å²) in [7, 11) is -9.89. The molecule has 0 aliphatic rings. The fourth-order valence-electron chi connectivity index (χ4n) is 10.6. The molecule has 0 bridgehead atoms. The molecule has 5 atom stereocenters. The maximum absolute atomic E-state index is 13.0. The molecule has 528 valence electrons. The molecule has 17 nitrogen and oxygen atoms in total. The van der Waals surface area contributed by atoms with Crippen LogP contribution in [0.1, 0.15) is 356 Å². The number of phosphoric acid groups is 2. The summed E-state index contributed by atoms with van der Waals surface area (Å²) in [5.41, 5.74) is 0. The number of unbranched alkanes of at least 4 members (excludes halogenated alkanes) is 39. The van der Waals surface area contributed by atoms with E-state index in [9.17, 15) is 43.2 Å². The Kier molecular flexibility index (Phi) is 60.8. The van der Waals surface area contributed by atoms with E-state index in [1.807, 2.05) is 0 Å². The molecule has 0 rings (SSSR count). The smallest absolute Gasteiger partial charge is 0.462 e. The largest absolute Gasteiger partial charge is 0.472 e. The third kappa shape index (κ3) is 64.6. The predicted octanol–water partition coefficient (Wildman–Crippen LogP) is 20.0. The number of ether oxygens (including phenoxy) is 4. The molecule has 0 saturated heterocycles. The van der Waals surface area contributed by atoms with Crippen LogP contribution in [0.25, 0.3) is 0 Å². The van der Waals surface area contributed by atoms with Crippen LogP contribution in [0, 0.1) is 11.8 Å². The van der Waals surface area contributed by atoms with Gasteiger partial charge in [-0.25, -0.2) is 9.13 Å². The number of hydrogen-bond donors (Lipinski definition) is 3. The lowest BCUT2D eigenvalue weighted by Gasteiger charge is -2.21. The van der Waals surface area contributed by atoms with Crippen LogP contribution < -0.4 is 0 Å². The minimum atomic E-state index is -4.95. The number of rotatable bonds is 69. The summed E-state index contributed by atoms with van der Waals surface area (Å²) in [4.78, 5) is 72.4. The quantitative estimate of drug-likeness (QED) is 0.0222. The molecule has 19 heteroatoms.